The molecule has 2 fully saturated rings. The van der Waals surface area contributed by atoms with Gasteiger partial charge in [0.2, 0.25) is 0 Å². The Kier molecular flexibility index (Phi) is 3.27. The molecule has 120 valence electrons. The molecule has 1 N–H and O–H groups in total. The number of fused-ring (bicyclic) bond motifs is 3. The molecule has 2 aromatic heterocycles. The van der Waals surface area contributed by atoms with E-state index in [1.807, 2.05) is 12.3 Å². The van der Waals surface area contributed by atoms with Gasteiger partial charge in [0.25, 0.3) is 0 Å². The van der Waals surface area contributed by atoms with E-state index in [1.165, 1.54) is 42.3 Å². The van der Waals surface area contributed by atoms with Crippen molar-refractivity contribution in [3.63, 3.8) is 0 Å². The van der Waals surface area contributed by atoms with Gasteiger partial charge in [-0.15, -0.1) is 0 Å². The maximum atomic E-state index is 6.00. The number of ether oxygens (including phenoxy) is 1. The predicted molar refractivity (Wildman–Crippen MR) is 91.1 cm³/mol. The van der Waals surface area contributed by atoms with Gasteiger partial charge in [0.05, 0.1) is 12.2 Å². The van der Waals surface area contributed by atoms with Gasteiger partial charge in [-0.05, 0) is 43.4 Å². The van der Waals surface area contributed by atoms with Crippen molar-refractivity contribution in [2.24, 2.45) is 5.92 Å². The fourth-order valence-corrected chi connectivity index (χ4v) is 4.61. The smallest absolute Gasteiger partial charge is 0.137 e. The fraction of sp³-hybridized carbons (Fsp3) is 0.526. The number of rotatable bonds is 3. The topological polar surface area (TPSA) is 41.2 Å². The first-order chi connectivity index (χ1) is 11.4. The van der Waals surface area contributed by atoms with Gasteiger partial charge in [-0.1, -0.05) is 6.08 Å². The molecule has 2 aromatic rings. The molecule has 0 radical (unpaired) electrons. The molecule has 23 heavy (non-hydrogen) atoms. The molecule has 0 amide bonds. The van der Waals surface area contributed by atoms with Crippen LogP contribution in [0, 0.1) is 5.92 Å². The third-order valence-corrected chi connectivity index (χ3v) is 5.81. The number of nitrogens with zero attached hydrogens (tertiary/aromatic N) is 2. The summed E-state index contributed by atoms with van der Waals surface area (Å²) in [4.78, 5) is 10.3. The Morgan fingerprint density at radius 3 is 3.13 bits per heavy atom. The summed E-state index contributed by atoms with van der Waals surface area (Å²) in [5.41, 5.74) is 3.78. The lowest BCUT2D eigenvalue weighted by atomic mass is 9.88. The molecule has 0 spiro atoms. The highest BCUT2D eigenvalue weighted by atomic mass is 16.5. The van der Waals surface area contributed by atoms with Crippen LogP contribution in [0.5, 0.6) is 0 Å². The lowest BCUT2D eigenvalue weighted by Crippen LogP contribution is -2.36. The second-order valence-corrected chi connectivity index (χ2v) is 7.21. The Labute approximate surface area is 136 Å². The Morgan fingerprint density at radius 1 is 1.35 bits per heavy atom. The molecular weight excluding hydrogens is 286 g/mol. The molecule has 0 saturated carbocycles. The standard InChI is InChI=1S/C19H23N3O/c1-2-16-17(11-21-19(16)20-7-1)13-5-8-22(9-6-13)12-14-10-15-3-4-18(14)23-15/h1-2,5,7,11,14-15,18H,3-4,6,8-10,12H2,(H,20,21). The van der Waals surface area contributed by atoms with Gasteiger partial charge in [-0.25, -0.2) is 4.98 Å². The summed E-state index contributed by atoms with van der Waals surface area (Å²) in [6.45, 7) is 3.43. The first kappa shape index (κ1) is 13.8. The molecule has 4 nitrogen and oxygen atoms in total. The summed E-state index contributed by atoms with van der Waals surface area (Å²) in [6.07, 6.45) is 12.5. The average molecular weight is 309 g/mol. The highest BCUT2D eigenvalue weighted by Crippen LogP contribution is 2.39. The van der Waals surface area contributed by atoms with Gasteiger partial charge in [-0.2, -0.15) is 0 Å². The first-order valence-corrected chi connectivity index (χ1v) is 8.86. The second kappa shape index (κ2) is 5.46. The minimum atomic E-state index is 0.546. The van der Waals surface area contributed by atoms with E-state index in [4.69, 9.17) is 4.74 Å². The van der Waals surface area contributed by atoms with Gasteiger partial charge < -0.3 is 9.72 Å². The van der Waals surface area contributed by atoms with Crippen molar-refractivity contribution in [2.45, 2.75) is 37.9 Å². The Balaban J connectivity index is 1.29. The van der Waals surface area contributed by atoms with Crippen LogP contribution in [-0.4, -0.2) is 46.7 Å². The van der Waals surface area contributed by atoms with E-state index < -0.39 is 0 Å². The lowest BCUT2D eigenvalue weighted by molar-refractivity contribution is 0.0850. The Hall–Kier alpha value is -1.65. The zero-order valence-corrected chi connectivity index (χ0v) is 13.4. The summed E-state index contributed by atoms with van der Waals surface area (Å²) in [6, 6.07) is 4.18. The lowest BCUT2D eigenvalue weighted by Gasteiger charge is -2.30. The van der Waals surface area contributed by atoms with Gasteiger partial charge in [0.15, 0.2) is 0 Å². The van der Waals surface area contributed by atoms with Crippen LogP contribution in [0.3, 0.4) is 0 Å². The zero-order valence-electron chi connectivity index (χ0n) is 13.4. The summed E-state index contributed by atoms with van der Waals surface area (Å²) in [7, 11) is 0. The molecule has 0 aliphatic carbocycles. The minimum absolute atomic E-state index is 0.546. The Bertz CT molecular complexity index is 750. The van der Waals surface area contributed by atoms with Crippen molar-refractivity contribution in [2.75, 3.05) is 19.6 Å². The minimum Gasteiger partial charge on any atom is -0.375 e. The molecule has 3 aliphatic heterocycles. The molecular formula is C19H23N3O. The zero-order chi connectivity index (χ0) is 15.2. The number of nitrogens with one attached hydrogen (secondary N) is 1. The number of hydrogen-bond donors (Lipinski definition) is 1. The highest BCUT2D eigenvalue weighted by molar-refractivity contribution is 5.90. The number of H-pyrrole nitrogens is 1. The van der Waals surface area contributed by atoms with Crippen LogP contribution in [0.4, 0.5) is 0 Å². The second-order valence-electron chi connectivity index (χ2n) is 7.21. The maximum Gasteiger partial charge on any atom is 0.137 e. The largest absolute Gasteiger partial charge is 0.375 e. The predicted octanol–water partition coefficient (Wildman–Crippen LogP) is 3.22. The van der Waals surface area contributed by atoms with Crippen molar-refractivity contribution in [3.05, 3.63) is 36.2 Å². The summed E-state index contributed by atoms with van der Waals surface area (Å²) in [5, 5.41) is 1.24. The van der Waals surface area contributed by atoms with Crippen molar-refractivity contribution in [1.29, 1.82) is 0 Å². The number of aromatic amines is 1. The fourth-order valence-electron chi connectivity index (χ4n) is 4.61. The van der Waals surface area contributed by atoms with Crippen molar-refractivity contribution < 1.29 is 4.74 Å². The normalized spacial score (nSPS) is 31.0. The SMILES string of the molecule is C1=C(c2c[nH]c3ncccc23)CCN(CC2CC3CCC2O3)C1. The van der Waals surface area contributed by atoms with Gasteiger partial charge in [0.1, 0.15) is 5.65 Å². The molecule has 5 rings (SSSR count). The number of pyridine rings is 1. The van der Waals surface area contributed by atoms with E-state index in [0.717, 1.165) is 31.1 Å². The van der Waals surface area contributed by atoms with Gasteiger partial charge in [0, 0.05) is 48.9 Å². The number of aromatic nitrogens is 2. The summed E-state index contributed by atoms with van der Waals surface area (Å²) >= 11 is 0. The Morgan fingerprint density at radius 2 is 2.35 bits per heavy atom. The van der Waals surface area contributed by atoms with E-state index in [1.54, 1.807) is 0 Å². The number of hydrogen-bond acceptors (Lipinski definition) is 3. The van der Waals surface area contributed by atoms with Crippen LogP contribution < -0.4 is 0 Å². The van der Waals surface area contributed by atoms with Crippen LogP contribution in [0.15, 0.2) is 30.6 Å². The molecule has 3 unspecified atom stereocenters. The van der Waals surface area contributed by atoms with Crippen LogP contribution in [0.1, 0.15) is 31.2 Å². The molecule has 3 aliphatic rings. The molecule has 2 bridgehead atoms. The van der Waals surface area contributed by atoms with E-state index >= 15 is 0 Å². The third-order valence-electron chi connectivity index (χ3n) is 5.81. The van der Waals surface area contributed by atoms with Crippen LogP contribution >= 0.6 is 0 Å². The maximum absolute atomic E-state index is 6.00. The highest BCUT2D eigenvalue weighted by Gasteiger charge is 2.41. The third kappa shape index (κ3) is 2.41. The summed E-state index contributed by atoms with van der Waals surface area (Å²) in [5.74, 6) is 0.765. The monoisotopic (exact) mass is 309 g/mol. The molecule has 4 heteroatoms. The molecule has 0 aromatic carbocycles. The van der Waals surface area contributed by atoms with Gasteiger partial charge in [-0.3, -0.25) is 4.90 Å². The van der Waals surface area contributed by atoms with Crippen molar-refractivity contribution in [3.8, 4) is 0 Å². The van der Waals surface area contributed by atoms with E-state index in [-0.39, 0.29) is 0 Å². The van der Waals surface area contributed by atoms with Crippen LogP contribution in [0.2, 0.25) is 0 Å². The van der Waals surface area contributed by atoms with Crippen LogP contribution in [-0.2, 0) is 4.74 Å². The molecule has 3 atom stereocenters. The van der Waals surface area contributed by atoms with Crippen molar-refractivity contribution >= 4 is 16.6 Å². The molecule has 2 saturated heterocycles. The van der Waals surface area contributed by atoms with E-state index in [2.05, 4.69) is 33.2 Å². The van der Waals surface area contributed by atoms with E-state index in [0.29, 0.717) is 12.2 Å². The van der Waals surface area contributed by atoms with Crippen LogP contribution in [0.25, 0.3) is 16.6 Å². The first-order valence-electron chi connectivity index (χ1n) is 8.86. The van der Waals surface area contributed by atoms with Gasteiger partial charge >= 0.3 is 0 Å². The average Bonchev–Trinajstić information content (AvgIpc) is 3.30. The summed E-state index contributed by atoms with van der Waals surface area (Å²) < 4.78 is 6.00. The molecule has 5 heterocycles. The quantitative estimate of drug-likeness (QED) is 0.946. The van der Waals surface area contributed by atoms with Crippen molar-refractivity contribution in [1.82, 2.24) is 14.9 Å². The van der Waals surface area contributed by atoms with E-state index in [9.17, 15) is 0 Å².